The molecule has 11 heteroatoms. The van der Waals surface area contributed by atoms with Gasteiger partial charge in [0, 0.05) is 32.2 Å². The number of guanidine groups is 1. The van der Waals surface area contributed by atoms with Gasteiger partial charge in [0.05, 0.1) is 36.1 Å². The maximum atomic E-state index is 12.8. The summed E-state index contributed by atoms with van der Waals surface area (Å²) < 4.78 is 17.8. The monoisotopic (exact) mass is 556 g/mol. The van der Waals surface area contributed by atoms with Crippen molar-refractivity contribution in [2.24, 2.45) is 10.7 Å². The van der Waals surface area contributed by atoms with E-state index in [1.807, 2.05) is 32.6 Å². The molecule has 1 aromatic carbocycles. The number of amides is 1. The number of aromatic nitrogens is 1. The molecule has 2 saturated heterocycles. The van der Waals surface area contributed by atoms with E-state index in [2.05, 4.69) is 30.1 Å². The van der Waals surface area contributed by atoms with E-state index >= 15 is 0 Å². The molecule has 0 saturated carbocycles. The number of nitrogens with two attached hydrogens (primary N) is 1. The third-order valence-corrected chi connectivity index (χ3v) is 7.55. The van der Waals surface area contributed by atoms with Crippen molar-refractivity contribution < 1.29 is 19.0 Å². The fourth-order valence-corrected chi connectivity index (χ4v) is 5.53. The largest absolute Gasteiger partial charge is 0.497 e. The van der Waals surface area contributed by atoms with E-state index in [0.717, 1.165) is 33.6 Å². The Bertz CT molecular complexity index is 1260. The summed E-state index contributed by atoms with van der Waals surface area (Å²) in [5.74, 6) is 1.31. The molecule has 2 aliphatic rings. The molecule has 0 bridgehead atoms. The van der Waals surface area contributed by atoms with Crippen LogP contribution >= 0.6 is 11.3 Å². The zero-order chi connectivity index (χ0) is 28.2. The van der Waals surface area contributed by atoms with Crippen LogP contribution in [0, 0.1) is 6.92 Å². The van der Waals surface area contributed by atoms with Crippen LogP contribution in [0.15, 0.2) is 41.4 Å². The Hall–Kier alpha value is -3.31. The number of rotatable bonds is 6. The van der Waals surface area contributed by atoms with Crippen LogP contribution in [0.1, 0.15) is 44.2 Å². The summed E-state index contributed by atoms with van der Waals surface area (Å²) in [7, 11) is 1.58. The SMILES string of the molecule is C=C(OC)/C(=C(\N=C(N)N1CCOCC1)N[C@@H]1CCCN(C(=O)OC(C)(C)C)C1)c1nc2cc(C)ccc2s1. The van der Waals surface area contributed by atoms with E-state index in [0.29, 0.717) is 62.5 Å². The van der Waals surface area contributed by atoms with E-state index < -0.39 is 5.60 Å². The topological polar surface area (TPSA) is 115 Å². The summed E-state index contributed by atoms with van der Waals surface area (Å²) in [5, 5.41) is 4.30. The number of piperidine rings is 1. The number of thiazole rings is 1. The van der Waals surface area contributed by atoms with E-state index in [1.165, 1.54) is 0 Å². The highest BCUT2D eigenvalue weighted by Crippen LogP contribution is 2.34. The average molecular weight is 557 g/mol. The molecule has 0 radical (unpaired) electrons. The van der Waals surface area contributed by atoms with Gasteiger partial charge in [-0.1, -0.05) is 12.6 Å². The van der Waals surface area contributed by atoms with Crippen molar-refractivity contribution in [2.75, 3.05) is 46.5 Å². The van der Waals surface area contributed by atoms with Gasteiger partial charge in [-0.2, -0.15) is 4.99 Å². The van der Waals surface area contributed by atoms with E-state index in [4.69, 9.17) is 29.9 Å². The number of aliphatic imine (C=N–C) groups is 1. The first-order valence-corrected chi connectivity index (χ1v) is 14.1. The minimum absolute atomic E-state index is 0.0845. The Morgan fingerprint density at radius 2 is 2.00 bits per heavy atom. The normalized spacial score (nSPS) is 19.5. The second-order valence-corrected chi connectivity index (χ2v) is 11.9. The highest BCUT2D eigenvalue weighted by atomic mass is 32.1. The first-order chi connectivity index (χ1) is 18.5. The van der Waals surface area contributed by atoms with E-state index in [9.17, 15) is 4.79 Å². The molecule has 3 heterocycles. The van der Waals surface area contributed by atoms with Gasteiger partial charge in [0.25, 0.3) is 0 Å². The van der Waals surface area contributed by atoms with Crippen molar-refractivity contribution in [1.82, 2.24) is 20.1 Å². The van der Waals surface area contributed by atoms with Gasteiger partial charge < -0.3 is 35.1 Å². The molecule has 1 atom stereocenters. The lowest BCUT2D eigenvalue weighted by atomic mass is 10.1. The van der Waals surface area contributed by atoms with Crippen molar-refractivity contribution in [3.63, 3.8) is 0 Å². The van der Waals surface area contributed by atoms with Crippen LogP contribution in [0.25, 0.3) is 15.8 Å². The smallest absolute Gasteiger partial charge is 0.410 e. The summed E-state index contributed by atoms with van der Waals surface area (Å²) in [6.45, 7) is 15.4. The third-order valence-electron chi connectivity index (χ3n) is 6.49. The third kappa shape index (κ3) is 7.42. The van der Waals surface area contributed by atoms with Crippen LogP contribution in [0.3, 0.4) is 0 Å². The number of likely N-dealkylation sites (tertiary alicyclic amines) is 1. The summed E-state index contributed by atoms with van der Waals surface area (Å²) in [5.41, 5.74) is 8.64. The number of carbonyl (C=O) groups is 1. The number of fused-ring (bicyclic) bond motifs is 1. The first-order valence-electron chi connectivity index (χ1n) is 13.3. The number of ether oxygens (including phenoxy) is 3. The van der Waals surface area contributed by atoms with E-state index in [-0.39, 0.29) is 12.1 Å². The molecule has 39 heavy (non-hydrogen) atoms. The molecular formula is C28H40N6O4S. The molecule has 2 aromatic rings. The second-order valence-electron chi connectivity index (χ2n) is 10.8. The Labute approximate surface area is 234 Å². The number of aryl methyl sites for hydroxylation is 1. The first kappa shape index (κ1) is 28.7. The average Bonchev–Trinajstić information content (AvgIpc) is 3.30. The van der Waals surface area contributed by atoms with Gasteiger partial charge in [0.1, 0.15) is 22.2 Å². The van der Waals surface area contributed by atoms with Crippen LogP contribution < -0.4 is 11.1 Å². The number of hydrogen-bond acceptors (Lipinski definition) is 8. The number of carbonyl (C=O) groups excluding carboxylic acids is 1. The number of methoxy groups -OCH3 is 1. The molecule has 3 N–H and O–H groups in total. The minimum Gasteiger partial charge on any atom is -0.497 e. The molecule has 1 aromatic heterocycles. The number of nitrogens with zero attached hydrogens (tertiary/aromatic N) is 4. The zero-order valence-electron chi connectivity index (χ0n) is 23.6. The lowest BCUT2D eigenvalue weighted by molar-refractivity contribution is 0.0191. The Morgan fingerprint density at radius 3 is 2.69 bits per heavy atom. The van der Waals surface area contributed by atoms with Crippen LogP contribution in [0.4, 0.5) is 4.79 Å². The van der Waals surface area contributed by atoms with Crippen LogP contribution in [-0.4, -0.2) is 85.0 Å². The standard InChI is InChI=1S/C28H40N6O4S/c1-18-9-10-22-21(16-18)31-25(39-22)23(19(2)36-6)24(32-26(29)33-12-14-37-15-13-33)30-20-8-7-11-34(17-20)27(35)38-28(3,4)5/h9-10,16,20,30H,2,7-8,11-15,17H2,1,3-6H3,(H2,29,32)/b24-23+/t20-/m1/s1. The highest BCUT2D eigenvalue weighted by molar-refractivity contribution is 7.19. The Kier molecular flexibility index (Phi) is 9.01. The Morgan fingerprint density at radius 1 is 1.26 bits per heavy atom. The van der Waals surface area contributed by atoms with Crippen molar-refractivity contribution >= 4 is 39.2 Å². The summed E-state index contributed by atoms with van der Waals surface area (Å²) in [6.07, 6.45) is 1.36. The fourth-order valence-electron chi connectivity index (χ4n) is 4.52. The van der Waals surface area contributed by atoms with Gasteiger partial charge in [-0.3, -0.25) is 0 Å². The maximum Gasteiger partial charge on any atom is 0.410 e. The number of allylic oxidation sites excluding steroid dienone is 1. The molecule has 4 rings (SSSR count). The summed E-state index contributed by atoms with van der Waals surface area (Å²) in [4.78, 5) is 26.3. The van der Waals surface area contributed by atoms with Gasteiger partial charge >= 0.3 is 6.09 Å². The molecule has 0 spiro atoms. The molecule has 0 unspecified atom stereocenters. The predicted octanol–water partition coefficient (Wildman–Crippen LogP) is 4.07. The van der Waals surface area contributed by atoms with Crippen molar-refractivity contribution in [2.45, 2.75) is 52.2 Å². The second kappa shape index (κ2) is 12.3. The van der Waals surface area contributed by atoms with Crippen molar-refractivity contribution in [1.29, 1.82) is 0 Å². The van der Waals surface area contributed by atoms with Crippen molar-refractivity contribution in [3.05, 3.63) is 46.9 Å². The Balaban J connectivity index is 1.73. The van der Waals surface area contributed by atoms with Crippen LogP contribution in [-0.2, 0) is 14.2 Å². The molecule has 2 aliphatic heterocycles. The lowest BCUT2D eigenvalue weighted by Crippen LogP contribution is -2.49. The van der Waals surface area contributed by atoms with Gasteiger partial charge in [0.15, 0.2) is 5.96 Å². The van der Waals surface area contributed by atoms with Crippen molar-refractivity contribution in [3.8, 4) is 0 Å². The molecule has 2 fully saturated rings. The highest BCUT2D eigenvalue weighted by Gasteiger charge is 2.29. The number of morpholine rings is 1. The molecule has 10 nitrogen and oxygen atoms in total. The summed E-state index contributed by atoms with van der Waals surface area (Å²) >= 11 is 1.54. The lowest BCUT2D eigenvalue weighted by Gasteiger charge is -2.35. The number of benzene rings is 1. The fraction of sp³-hybridized carbons (Fsp3) is 0.536. The number of hydrogen-bond donors (Lipinski definition) is 2. The minimum atomic E-state index is -0.562. The molecule has 1 amide bonds. The quantitative estimate of drug-likeness (QED) is 0.237. The molecule has 0 aliphatic carbocycles. The van der Waals surface area contributed by atoms with Crippen LogP contribution in [0.5, 0.6) is 0 Å². The van der Waals surface area contributed by atoms with Gasteiger partial charge in [-0.15, -0.1) is 11.3 Å². The predicted molar refractivity (Wildman–Crippen MR) is 155 cm³/mol. The van der Waals surface area contributed by atoms with Gasteiger partial charge in [0.2, 0.25) is 0 Å². The number of nitrogens with one attached hydrogen (secondary N) is 1. The van der Waals surface area contributed by atoms with Crippen LogP contribution in [0.2, 0.25) is 0 Å². The zero-order valence-corrected chi connectivity index (χ0v) is 24.4. The summed E-state index contributed by atoms with van der Waals surface area (Å²) in [6, 6.07) is 6.11. The molecule has 212 valence electrons. The molecular weight excluding hydrogens is 516 g/mol. The van der Waals surface area contributed by atoms with E-state index in [1.54, 1.807) is 23.3 Å². The van der Waals surface area contributed by atoms with Gasteiger partial charge in [-0.25, -0.2) is 9.78 Å². The van der Waals surface area contributed by atoms with Gasteiger partial charge in [-0.05, 0) is 58.2 Å². The maximum absolute atomic E-state index is 12.8.